The van der Waals surface area contributed by atoms with Crippen molar-refractivity contribution in [3.05, 3.63) is 24.9 Å². The van der Waals surface area contributed by atoms with Crippen LogP contribution in [0.2, 0.25) is 0 Å². The van der Waals surface area contributed by atoms with Gasteiger partial charge in [0, 0.05) is 19.0 Å². The fraction of sp³-hybridized carbons (Fsp3) is 0.333. The highest BCUT2D eigenvalue weighted by Gasteiger charge is 2.10. The molecule has 58 valence electrons. The van der Waals surface area contributed by atoms with Crippen molar-refractivity contribution < 1.29 is 4.79 Å². The summed E-state index contributed by atoms with van der Waals surface area (Å²) in [6, 6.07) is 0. The van der Waals surface area contributed by atoms with Gasteiger partial charge in [-0.3, -0.25) is 9.79 Å². The fourth-order valence-electron chi connectivity index (χ4n) is 0.923. The minimum absolute atomic E-state index is 0.148. The van der Waals surface area contributed by atoms with E-state index in [9.17, 15) is 4.79 Å². The molecule has 0 bridgehead atoms. The molecule has 0 saturated carbocycles. The molecular weight excluding hydrogens is 138 g/mol. The lowest BCUT2D eigenvalue weighted by atomic mass is 10.1. The van der Waals surface area contributed by atoms with Gasteiger partial charge in [0.25, 0.3) is 0 Å². The van der Waals surface area contributed by atoms with Gasteiger partial charge in [-0.15, -0.1) is 6.58 Å². The van der Waals surface area contributed by atoms with Gasteiger partial charge in [0.2, 0.25) is 0 Å². The van der Waals surface area contributed by atoms with Gasteiger partial charge < -0.3 is 0 Å². The van der Waals surface area contributed by atoms with Gasteiger partial charge in [-0.2, -0.15) is 0 Å². The Balaban J connectivity index is 2.36. The minimum atomic E-state index is 0.148. The second-order valence-electron chi connectivity index (χ2n) is 2.42. The zero-order valence-electron chi connectivity index (χ0n) is 6.42. The van der Waals surface area contributed by atoms with Crippen molar-refractivity contribution >= 4 is 11.5 Å². The molecule has 1 heterocycles. The zero-order valence-corrected chi connectivity index (χ0v) is 6.42. The Hall–Kier alpha value is -1.18. The first-order valence-corrected chi connectivity index (χ1v) is 3.70. The molecule has 0 aromatic heterocycles. The van der Waals surface area contributed by atoms with Crippen LogP contribution in [0.1, 0.15) is 19.3 Å². The maximum Gasteiger partial charge on any atom is 0.177 e. The predicted molar refractivity (Wildman–Crippen MR) is 45.6 cm³/mol. The minimum Gasteiger partial charge on any atom is -0.293 e. The van der Waals surface area contributed by atoms with Crippen LogP contribution in [0, 0.1) is 0 Å². The predicted octanol–water partition coefficient (Wildman–Crippen LogP) is 1.88. The molecule has 0 fully saturated rings. The van der Waals surface area contributed by atoms with Crippen LogP contribution in [-0.2, 0) is 4.79 Å². The summed E-state index contributed by atoms with van der Waals surface area (Å²) in [5.41, 5.74) is 0.687. The number of hydrogen-bond acceptors (Lipinski definition) is 2. The Bertz CT molecular complexity index is 226. The van der Waals surface area contributed by atoms with E-state index in [-0.39, 0.29) is 5.78 Å². The molecule has 0 spiro atoms. The monoisotopic (exact) mass is 149 g/mol. The summed E-state index contributed by atoms with van der Waals surface area (Å²) in [6.45, 7) is 3.55. The van der Waals surface area contributed by atoms with Crippen molar-refractivity contribution in [3.8, 4) is 0 Å². The summed E-state index contributed by atoms with van der Waals surface area (Å²) in [6.07, 6.45) is 7.32. The van der Waals surface area contributed by atoms with Crippen LogP contribution in [-0.4, -0.2) is 11.5 Å². The summed E-state index contributed by atoms with van der Waals surface area (Å²) in [7, 11) is 0. The number of Topliss-reactive ketones (excluding diaryl/α,β-unsaturated/α-hetero) is 1. The summed E-state index contributed by atoms with van der Waals surface area (Å²) in [4.78, 5) is 15.1. The third kappa shape index (κ3) is 2.15. The van der Waals surface area contributed by atoms with Crippen molar-refractivity contribution in [2.24, 2.45) is 4.99 Å². The Morgan fingerprint density at radius 2 is 2.64 bits per heavy atom. The van der Waals surface area contributed by atoms with Gasteiger partial charge in [0.1, 0.15) is 0 Å². The molecule has 0 radical (unpaired) electrons. The molecular formula is C9H11NO. The molecule has 0 saturated heterocycles. The van der Waals surface area contributed by atoms with Crippen LogP contribution < -0.4 is 0 Å². The van der Waals surface area contributed by atoms with E-state index < -0.39 is 0 Å². The number of nitrogens with zero attached hydrogens (tertiary/aromatic N) is 1. The highest BCUT2D eigenvalue weighted by Crippen LogP contribution is 2.04. The molecule has 0 unspecified atom stereocenters. The van der Waals surface area contributed by atoms with Crippen LogP contribution in [0.4, 0.5) is 0 Å². The molecule has 0 aromatic rings. The van der Waals surface area contributed by atoms with Gasteiger partial charge >= 0.3 is 0 Å². The average molecular weight is 149 g/mol. The van der Waals surface area contributed by atoms with Crippen LogP contribution in [0.3, 0.4) is 0 Å². The van der Waals surface area contributed by atoms with E-state index >= 15 is 0 Å². The number of allylic oxidation sites excluding steroid dienone is 2. The fourth-order valence-corrected chi connectivity index (χ4v) is 0.923. The molecule has 0 N–H and O–H groups in total. The number of rotatable bonds is 4. The Morgan fingerprint density at radius 1 is 1.82 bits per heavy atom. The van der Waals surface area contributed by atoms with Crippen molar-refractivity contribution in [1.82, 2.24) is 0 Å². The van der Waals surface area contributed by atoms with Crippen LogP contribution in [0.15, 0.2) is 29.9 Å². The highest BCUT2D eigenvalue weighted by atomic mass is 16.1. The van der Waals surface area contributed by atoms with E-state index in [1.807, 2.05) is 6.08 Å². The maximum atomic E-state index is 11.2. The lowest BCUT2D eigenvalue weighted by Crippen LogP contribution is -2.10. The van der Waals surface area contributed by atoms with Crippen molar-refractivity contribution in [2.45, 2.75) is 19.3 Å². The topological polar surface area (TPSA) is 29.4 Å². The Kier molecular flexibility index (Phi) is 2.78. The van der Waals surface area contributed by atoms with E-state index in [1.165, 1.54) is 0 Å². The van der Waals surface area contributed by atoms with Crippen molar-refractivity contribution in [1.29, 1.82) is 0 Å². The molecule has 11 heavy (non-hydrogen) atoms. The quantitative estimate of drug-likeness (QED) is 0.561. The lowest BCUT2D eigenvalue weighted by molar-refractivity contribution is -0.112. The zero-order chi connectivity index (χ0) is 8.10. The Labute approximate surface area is 66.3 Å². The molecule has 0 aromatic carbocycles. The first-order chi connectivity index (χ1) is 5.34. The van der Waals surface area contributed by atoms with Crippen molar-refractivity contribution in [2.75, 3.05) is 0 Å². The van der Waals surface area contributed by atoms with Crippen LogP contribution >= 0.6 is 0 Å². The average Bonchev–Trinajstić information content (AvgIpc) is 2.52. The summed E-state index contributed by atoms with van der Waals surface area (Å²) in [5.74, 6) is 0.148. The molecule has 1 rings (SSSR count). The lowest BCUT2D eigenvalue weighted by Gasteiger charge is -1.95. The molecule has 0 aliphatic carbocycles. The van der Waals surface area contributed by atoms with Crippen molar-refractivity contribution in [3.63, 3.8) is 0 Å². The third-order valence-electron chi connectivity index (χ3n) is 1.54. The summed E-state index contributed by atoms with van der Waals surface area (Å²) >= 11 is 0. The number of aliphatic imine (C=N–C) groups is 1. The first-order valence-electron chi connectivity index (χ1n) is 3.70. The van der Waals surface area contributed by atoms with Gasteiger partial charge in [0.05, 0.1) is 5.71 Å². The first kappa shape index (κ1) is 7.92. The molecule has 0 atom stereocenters. The highest BCUT2D eigenvalue weighted by molar-refractivity contribution is 6.40. The summed E-state index contributed by atoms with van der Waals surface area (Å²) < 4.78 is 0. The largest absolute Gasteiger partial charge is 0.293 e. The second-order valence-corrected chi connectivity index (χ2v) is 2.42. The van der Waals surface area contributed by atoms with E-state index in [2.05, 4.69) is 11.6 Å². The molecule has 1 aliphatic heterocycles. The molecule has 2 heteroatoms. The molecule has 1 aliphatic rings. The van der Waals surface area contributed by atoms with Crippen LogP contribution in [0.5, 0.6) is 0 Å². The number of carbonyl (C=O) groups is 1. The SMILES string of the molecule is C=CCCC(=O)C1=NC=CC1. The number of hydrogen-bond donors (Lipinski definition) is 0. The maximum absolute atomic E-state index is 11.2. The van der Waals surface area contributed by atoms with Gasteiger partial charge in [-0.25, -0.2) is 0 Å². The normalized spacial score (nSPS) is 14.7. The van der Waals surface area contributed by atoms with Crippen LogP contribution in [0.25, 0.3) is 0 Å². The van der Waals surface area contributed by atoms with E-state index in [0.29, 0.717) is 18.6 Å². The van der Waals surface area contributed by atoms with E-state index in [4.69, 9.17) is 0 Å². The molecule has 0 amide bonds. The summed E-state index contributed by atoms with van der Waals surface area (Å²) in [5, 5.41) is 0. The standard InChI is InChI=1S/C9H11NO/c1-2-3-6-9(11)8-5-4-7-10-8/h2,4,7H,1,3,5-6H2. The number of ketones is 1. The van der Waals surface area contributed by atoms with E-state index in [0.717, 1.165) is 6.42 Å². The smallest absolute Gasteiger partial charge is 0.177 e. The molecule has 2 nitrogen and oxygen atoms in total. The van der Waals surface area contributed by atoms with Gasteiger partial charge in [-0.1, -0.05) is 12.2 Å². The Morgan fingerprint density at radius 3 is 3.18 bits per heavy atom. The van der Waals surface area contributed by atoms with E-state index in [1.54, 1.807) is 12.3 Å². The van der Waals surface area contributed by atoms with Gasteiger partial charge in [0.15, 0.2) is 5.78 Å². The second kappa shape index (κ2) is 3.86. The van der Waals surface area contributed by atoms with Gasteiger partial charge in [-0.05, 0) is 6.42 Å². The third-order valence-corrected chi connectivity index (χ3v) is 1.54. The number of carbonyl (C=O) groups excluding carboxylic acids is 1.